The number of hydrogen-bond donors (Lipinski definition) is 9. The highest BCUT2D eigenvalue weighted by Crippen LogP contribution is 2.02. The summed E-state index contributed by atoms with van der Waals surface area (Å²) in [6.07, 6.45) is -0.0975. The number of amides is 5. The molecule has 16 heteroatoms. The average molecular weight is 484 g/mol. The van der Waals surface area contributed by atoms with E-state index in [9.17, 15) is 33.9 Å². The highest BCUT2D eigenvalue weighted by Gasteiger charge is 2.33. The van der Waals surface area contributed by atoms with Gasteiger partial charge in [0.25, 0.3) is 0 Å². The van der Waals surface area contributed by atoms with Crippen LogP contribution in [0.5, 0.6) is 0 Å². The summed E-state index contributed by atoms with van der Waals surface area (Å²) in [6, 6.07) is -6.15. The predicted octanol–water partition coefficient (Wildman–Crippen LogP) is -5.05. The van der Waals surface area contributed by atoms with Crippen molar-refractivity contribution in [1.29, 1.82) is 0 Å². The molecule has 5 amide bonds. The lowest BCUT2D eigenvalue weighted by atomic mass is 10.1. The van der Waals surface area contributed by atoms with Crippen LogP contribution in [0.4, 0.5) is 0 Å². The van der Waals surface area contributed by atoms with Gasteiger partial charge in [-0.15, -0.1) is 0 Å². The van der Waals surface area contributed by atoms with Crippen LogP contribution in [0.15, 0.2) is 12.5 Å². The molecule has 0 fully saturated rings. The van der Waals surface area contributed by atoms with E-state index in [4.69, 9.17) is 22.3 Å². The predicted molar refractivity (Wildman–Crippen MR) is 113 cm³/mol. The summed E-state index contributed by atoms with van der Waals surface area (Å²) in [6.45, 7) is 1.10. The number of aliphatic hydroxyl groups excluding tert-OH is 1. The number of carbonyl (C=O) groups excluding carboxylic acids is 5. The first kappa shape index (κ1) is 28.0. The van der Waals surface area contributed by atoms with Gasteiger partial charge in [-0.2, -0.15) is 0 Å². The number of aliphatic carboxylic acids is 1. The fraction of sp³-hybridized carbons (Fsp3) is 0.500. The van der Waals surface area contributed by atoms with Gasteiger partial charge in [-0.3, -0.25) is 24.0 Å². The minimum atomic E-state index is -1.75. The van der Waals surface area contributed by atoms with Crippen LogP contribution < -0.4 is 33.2 Å². The lowest BCUT2D eigenvalue weighted by molar-refractivity contribution is -0.145. The van der Waals surface area contributed by atoms with Gasteiger partial charge < -0.3 is 48.3 Å². The smallest absolute Gasteiger partial charge is 0.328 e. The third-order valence-electron chi connectivity index (χ3n) is 4.45. The standard InChI is InChI=1S/C18H28N8O8/c1-7(27)14(18(33)34)26-17(32)11(4-13(21)29)25-16(31)10(3-12(20)28)24-15(30)9(19)2-8-5-22-6-23-8/h5-7,9-11,14,27H,2-4,19H2,1H3,(H2,20,28)(H2,21,29)(H,22,23)(H,24,30)(H,25,31)(H,26,32)(H,33,34). The molecule has 0 bridgehead atoms. The van der Waals surface area contributed by atoms with Crippen molar-refractivity contribution in [2.75, 3.05) is 0 Å². The molecule has 0 aliphatic carbocycles. The fourth-order valence-electron chi connectivity index (χ4n) is 2.74. The number of H-pyrrole nitrogens is 1. The summed E-state index contributed by atoms with van der Waals surface area (Å²) in [4.78, 5) is 78.1. The maximum atomic E-state index is 12.7. The largest absolute Gasteiger partial charge is 0.480 e. The number of nitrogens with zero attached hydrogens (tertiary/aromatic N) is 1. The summed E-state index contributed by atoms with van der Waals surface area (Å²) in [5.74, 6) is -6.64. The molecule has 188 valence electrons. The molecule has 0 saturated carbocycles. The Bertz CT molecular complexity index is 904. The number of rotatable bonds is 14. The monoisotopic (exact) mass is 484 g/mol. The van der Waals surface area contributed by atoms with Crippen LogP contribution in [0.25, 0.3) is 0 Å². The van der Waals surface area contributed by atoms with Crippen molar-refractivity contribution in [3.8, 4) is 0 Å². The Labute approximate surface area is 193 Å². The minimum absolute atomic E-state index is 0.0272. The van der Waals surface area contributed by atoms with E-state index in [1.54, 1.807) is 0 Å². The Morgan fingerprint density at radius 1 is 0.971 bits per heavy atom. The van der Waals surface area contributed by atoms with Gasteiger partial charge in [-0.25, -0.2) is 9.78 Å². The van der Waals surface area contributed by atoms with E-state index in [1.165, 1.54) is 12.5 Å². The number of nitrogens with one attached hydrogen (secondary N) is 4. The van der Waals surface area contributed by atoms with Crippen LogP contribution in [0, 0.1) is 0 Å². The van der Waals surface area contributed by atoms with Crippen LogP contribution in [0.1, 0.15) is 25.5 Å². The van der Waals surface area contributed by atoms with E-state index in [0.29, 0.717) is 5.69 Å². The zero-order valence-corrected chi connectivity index (χ0v) is 18.2. The molecule has 1 rings (SSSR count). The third-order valence-corrected chi connectivity index (χ3v) is 4.45. The van der Waals surface area contributed by atoms with Crippen LogP contribution in [0.3, 0.4) is 0 Å². The topological polar surface area (TPSA) is 286 Å². The number of nitrogens with two attached hydrogens (primary N) is 3. The number of carbonyl (C=O) groups is 6. The maximum absolute atomic E-state index is 12.7. The lowest BCUT2D eigenvalue weighted by Gasteiger charge is -2.24. The van der Waals surface area contributed by atoms with Gasteiger partial charge in [0, 0.05) is 18.3 Å². The van der Waals surface area contributed by atoms with Gasteiger partial charge in [-0.05, 0) is 6.92 Å². The second-order valence-corrected chi connectivity index (χ2v) is 7.42. The molecular weight excluding hydrogens is 456 g/mol. The minimum Gasteiger partial charge on any atom is -0.480 e. The molecule has 0 aliphatic heterocycles. The average Bonchev–Trinajstić information content (AvgIpc) is 3.22. The molecule has 1 heterocycles. The molecule has 0 aliphatic rings. The first-order valence-corrected chi connectivity index (χ1v) is 9.93. The van der Waals surface area contributed by atoms with E-state index in [-0.39, 0.29) is 6.42 Å². The Kier molecular flexibility index (Phi) is 10.6. The quantitative estimate of drug-likeness (QED) is 0.121. The number of imidazole rings is 1. The fourth-order valence-corrected chi connectivity index (χ4v) is 2.74. The molecular formula is C18H28N8O8. The molecule has 5 atom stereocenters. The zero-order chi connectivity index (χ0) is 26.0. The first-order valence-electron chi connectivity index (χ1n) is 9.93. The van der Waals surface area contributed by atoms with Crippen molar-refractivity contribution in [3.05, 3.63) is 18.2 Å². The molecule has 0 spiro atoms. The van der Waals surface area contributed by atoms with Crippen molar-refractivity contribution < 1.29 is 39.0 Å². The number of hydrogen-bond acceptors (Lipinski definition) is 9. The second kappa shape index (κ2) is 12.9. The summed E-state index contributed by atoms with van der Waals surface area (Å²) in [7, 11) is 0. The van der Waals surface area contributed by atoms with E-state index in [1.807, 2.05) is 5.32 Å². The van der Waals surface area contributed by atoms with Gasteiger partial charge in [-0.1, -0.05) is 0 Å². The van der Waals surface area contributed by atoms with Crippen LogP contribution in [-0.2, 0) is 35.2 Å². The molecule has 5 unspecified atom stereocenters. The Balaban J connectivity index is 2.96. The summed E-state index contributed by atoms with van der Waals surface area (Å²) in [5.41, 5.74) is 16.6. The first-order chi connectivity index (χ1) is 15.8. The van der Waals surface area contributed by atoms with Crippen molar-refractivity contribution in [2.45, 2.75) is 56.5 Å². The second-order valence-electron chi connectivity index (χ2n) is 7.42. The van der Waals surface area contributed by atoms with Crippen molar-refractivity contribution >= 4 is 35.5 Å². The summed E-state index contributed by atoms with van der Waals surface area (Å²) in [5, 5.41) is 24.9. The molecule has 1 aromatic heterocycles. The van der Waals surface area contributed by atoms with Gasteiger partial charge in [0.1, 0.15) is 12.1 Å². The Morgan fingerprint density at radius 3 is 1.88 bits per heavy atom. The van der Waals surface area contributed by atoms with Gasteiger partial charge in [0.15, 0.2) is 6.04 Å². The third kappa shape index (κ3) is 9.21. The summed E-state index contributed by atoms with van der Waals surface area (Å²) < 4.78 is 0. The lowest BCUT2D eigenvalue weighted by Crippen LogP contribution is -2.59. The van der Waals surface area contributed by atoms with E-state index < -0.39 is 78.6 Å². The van der Waals surface area contributed by atoms with Gasteiger partial charge >= 0.3 is 5.97 Å². The molecule has 0 radical (unpaired) electrons. The molecule has 34 heavy (non-hydrogen) atoms. The maximum Gasteiger partial charge on any atom is 0.328 e. The molecule has 16 nitrogen and oxygen atoms in total. The SMILES string of the molecule is CC(O)C(NC(=O)C(CC(N)=O)NC(=O)C(CC(N)=O)NC(=O)C(N)Cc1cnc[nH]1)C(=O)O. The normalized spacial score (nSPS) is 15.1. The molecule has 0 saturated heterocycles. The Morgan fingerprint density at radius 2 is 1.47 bits per heavy atom. The molecule has 0 aromatic carbocycles. The summed E-state index contributed by atoms with van der Waals surface area (Å²) >= 11 is 0. The number of carboxylic acids is 1. The van der Waals surface area contributed by atoms with Gasteiger partial charge in [0.2, 0.25) is 29.5 Å². The highest BCUT2D eigenvalue weighted by molar-refractivity contribution is 5.97. The molecule has 1 aromatic rings. The number of primary amides is 2. The van der Waals surface area contributed by atoms with E-state index >= 15 is 0 Å². The molecule has 12 N–H and O–H groups in total. The zero-order valence-electron chi connectivity index (χ0n) is 18.2. The van der Waals surface area contributed by atoms with Crippen LogP contribution in [0.2, 0.25) is 0 Å². The van der Waals surface area contributed by atoms with Crippen LogP contribution in [-0.4, -0.2) is 86.0 Å². The van der Waals surface area contributed by atoms with E-state index in [2.05, 4.69) is 20.6 Å². The van der Waals surface area contributed by atoms with Gasteiger partial charge in [0.05, 0.1) is 31.3 Å². The van der Waals surface area contributed by atoms with Crippen molar-refractivity contribution in [2.24, 2.45) is 17.2 Å². The van der Waals surface area contributed by atoms with E-state index in [0.717, 1.165) is 6.92 Å². The number of aromatic nitrogens is 2. The number of aliphatic hydroxyl groups is 1. The van der Waals surface area contributed by atoms with Crippen molar-refractivity contribution in [3.63, 3.8) is 0 Å². The number of carboxylic acid groups (broad SMARTS) is 1. The number of aromatic amines is 1. The Hall–Kier alpha value is -4.05. The van der Waals surface area contributed by atoms with Crippen LogP contribution >= 0.6 is 0 Å². The van der Waals surface area contributed by atoms with Crippen molar-refractivity contribution in [1.82, 2.24) is 25.9 Å². The highest BCUT2D eigenvalue weighted by atomic mass is 16.4.